The first-order chi connectivity index (χ1) is 8.97. The van der Waals surface area contributed by atoms with Crippen LogP contribution < -0.4 is 4.97 Å². The van der Waals surface area contributed by atoms with Crippen molar-refractivity contribution >= 4 is 11.5 Å². The fourth-order valence-electron chi connectivity index (χ4n) is 2.19. The Bertz CT molecular complexity index is 431. The van der Waals surface area contributed by atoms with E-state index in [2.05, 4.69) is 0 Å². The third-order valence-corrected chi connectivity index (χ3v) is 3.52. The molecule has 0 spiro atoms. The zero-order chi connectivity index (χ0) is 13.9. The molecule has 2 rings (SSSR count). The van der Waals surface area contributed by atoms with E-state index in [4.69, 9.17) is 4.84 Å². The third-order valence-electron chi connectivity index (χ3n) is 3.52. The molecule has 1 fully saturated rings. The van der Waals surface area contributed by atoms with Crippen molar-refractivity contribution < 1.29 is 20.0 Å². The van der Waals surface area contributed by atoms with E-state index in [1.165, 1.54) is 0 Å². The minimum atomic E-state index is -1.56. The lowest BCUT2D eigenvalue weighted by atomic mass is 9.89. The first-order valence-corrected chi connectivity index (χ1v) is 6.55. The highest BCUT2D eigenvalue weighted by atomic mass is 17.1. The van der Waals surface area contributed by atoms with Gasteiger partial charge in [-0.1, -0.05) is 17.7 Å². The maximum Gasteiger partial charge on any atom is 0.237 e. The predicted octanol–water partition coefficient (Wildman–Crippen LogP) is 2.77. The van der Waals surface area contributed by atoms with Crippen molar-refractivity contribution in [1.29, 1.82) is 0 Å². The molecule has 0 radical (unpaired) electrons. The summed E-state index contributed by atoms with van der Waals surface area (Å²) < 4.78 is 0. The Kier molecular flexibility index (Phi) is 4.31. The number of rotatable bonds is 4. The van der Waals surface area contributed by atoms with Crippen LogP contribution in [0.2, 0.25) is 0 Å². The van der Waals surface area contributed by atoms with E-state index in [0.717, 1.165) is 18.4 Å². The molecular weight excluding hydrogens is 246 g/mol. The molecular formula is C14H20NO4+. The van der Waals surface area contributed by atoms with Gasteiger partial charge in [0.05, 0.1) is 0 Å². The lowest BCUT2D eigenvalue weighted by molar-refractivity contribution is -0.475. The Morgan fingerprint density at radius 2 is 1.79 bits per heavy atom. The van der Waals surface area contributed by atoms with Gasteiger partial charge in [-0.25, -0.2) is 0 Å². The second kappa shape index (κ2) is 5.79. The van der Waals surface area contributed by atoms with Gasteiger partial charge in [0, 0.05) is 25.0 Å². The SMILES string of the molecule is Cc1ccc([N+](O)(O)OCC2CCC(=O)CC2)cc1. The maximum atomic E-state index is 11.1. The number of carbonyl (C=O) groups is 1. The topological polar surface area (TPSA) is 66.8 Å². The lowest BCUT2D eigenvalue weighted by Crippen LogP contribution is -2.43. The van der Waals surface area contributed by atoms with Gasteiger partial charge in [0.15, 0.2) is 0 Å². The van der Waals surface area contributed by atoms with Crippen LogP contribution in [0.3, 0.4) is 0 Å². The first kappa shape index (κ1) is 14.1. The average molecular weight is 266 g/mol. The summed E-state index contributed by atoms with van der Waals surface area (Å²) in [5.41, 5.74) is 1.30. The van der Waals surface area contributed by atoms with Gasteiger partial charge < -0.3 is 0 Å². The second-order valence-corrected chi connectivity index (χ2v) is 5.16. The molecule has 19 heavy (non-hydrogen) atoms. The van der Waals surface area contributed by atoms with Crippen LogP contribution in [0.4, 0.5) is 5.69 Å². The largest absolute Gasteiger partial charge is 0.300 e. The Balaban J connectivity index is 1.90. The van der Waals surface area contributed by atoms with E-state index >= 15 is 0 Å². The molecule has 0 unspecified atom stereocenters. The van der Waals surface area contributed by atoms with Crippen LogP contribution in [0.1, 0.15) is 31.2 Å². The van der Waals surface area contributed by atoms with E-state index < -0.39 is 4.97 Å². The van der Waals surface area contributed by atoms with Crippen LogP contribution >= 0.6 is 0 Å². The first-order valence-electron chi connectivity index (χ1n) is 6.55. The summed E-state index contributed by atoms with van der Waals surface area (Å²) in [6.45, 7) is 2.15. The molecule has 5 nitrogen and oxygen atoms in total. The van der Waals surface area contributed by atoms with Gasteiger partial charge in [0.25, 0.3) is 0 Å². The third kappa shape index (κ3) is 3.84. The average Bonchev–Trinajstić information content (AvgIpc) is 2.39. The van der Waals surface area contributed by atoms with E-state index in [-0.39, 0.29) is 24.0 Å². The molecule has 1 aliphatic rings. The van der Waals surface area contributed by atoms with Crippen molar-refractivity contribution in [3.8, 4) is 0 Å². The standard InChI is InChI=1S/C14H20NO4/c1-11-2-6-13(7-3-11)15(17,18)19-10-12-4-8-14(16)9-5-12/h2-3,6-7,12,17-18H,4-5,8-10H2,1H3/q+1. The normalized spacial score (nSPS) is 17.7. The van der Waals surface area contributed by atoms with Crippen LogP contribution in [-0.2, 0) is 9.63 Å². The summed E-state index contributed by atoms with van der Waals surface area (Å²) >= 11 is 0. The minimum Gasteiger partial charge on any atom is -0.300 e. The highest BCUT2D eigenvalue weighted by molar-refractivity contribution is 5.79. The highest BCUT2D eigenvalue weighted by Gasteiger charge is 2.31. The number of Topliss-reactive ketones (excluding diaryl/α,β-unsaturated/α-hetero) is 1. The molecule has 0 atom stereocenters. The molecule has 2 N–H and O–H groups in total. The highest BCUT2D eigenvalue weighted by Crippen LogP contribution is 2.25. The van der Waals surface area contributed by atoms with Crippen LogP contribution in [0.15, 0.2) is 24.3 Å². The van der Waals surface area contributed by atoms with Crippen molar-refractivity contribution in [3.63, 3.8) is 0 Å². The molecule has 0 amide bonds. The van der Waals surface area contributed by atoms with Crippen molar-refractivity contribution in [1.82, 2.24) is 4.97 Å². The van der Waals surface area contributed by atoms with E-state index in [1.54, 1.807) is 24.3 Å². The van der Waals surface area contributed by atoms with Crippen molar-refractivity contribution in [2.75, 3.05) is 6.61 Å². The van der Waals surface area contributed by atoms with Crippen LogP contribution in [-0.4, -0.2) is 22.8 Å². The molecule has 1 aromatic rings. The number of nitrogens with zero attached hydrogens (tertiary/aromatic N) is 1. The van der Waals surface area contributed by atoms with Gasteiger partial charge in [-0.2, -0.15) is 0 Å². The van der Waals surface area contributed by atoms with Gasteiger partial charge in [0.2, 0.25) is 5.69 Å². The number of hydrogen-bond donors (Lipinski definition) is 2. The molecule has 5 heteroatoms. The number of benzene rings is 1. The molecule has 0 bridgehead atoms. The van der Waals surface area contributed by atoms with Gasteiger partial charge in [-0.05, 0) is 25.7 Å². The Labute approximate surface area is 112 Å². The monoisotopic (exact) mass is 266 g/mol. The van der Waals surface area contributed by atoms with Crippen molar-refractivity contribution in [2.24, 2.45) is 5.92 Å². The van der Waals surface area contributed by atoms with Crippen LogP contribution in [0, 0.1) is 12.8 Å². The Morgan fingerprint density at radius 1 is 1.21 bits per heavy atom. The minimum absolute atomic E-state index is 0.208. The van der Waals surface area contributed by atoms with E-state index in [9.17, 15) is 15.2 Å². The van der Waals surface area contributed by atoms with Gasteiger partial charge >= 0.3 is 0 Å². The molecule has 0 aliphatic heterocycles. The quantitative estimate of drug-likeness (QED) is 0.649. The fraction of sp³-hybridized carbons (Fsp3) is 0.500. The number of hydrogen-bond acceptors (Lipinski definition) is 4. The Morgan fingerprint density at radius 3 is 2.37 bits per heavy atom. The van der Waals surface area contributed by atoms with E-state index in [0.29, 0.717) is 12.8 Å². The molecule has 0 saturated heterocycles. The second-order valence-electron chi connectivity index (χ2n) is 5.16. The molecule has 0 aromatic heterocycles. The molecule has 1 aliphatic carbocycles. The summed E-state index contributed by atoms with van der Waals surface area (Å²) in [6, 6.07) is 6.80. The molecule has 1 saturated carbocycles. The van der Waals surface area contributed by atoms with Gasteiger partial charge in [0.1, 0.15) is 17.4 Å². The zero-order valence-electron chi connectivity index (χ0n) is 11.1. The maximum absolute atomic E-state index is 11.1. The molecule has 104 valence electrons. The molecule has 1 aromatic carbocycles. The summed E-state index contributed by atoms with van der Waals surface area (Å²) in [6.07, 6.45) is 2.64. The number of ketones is 1. The predicted molar refractivity (Wildman–Crippen MR) is 69.5 cm³/mol. The fourth-order valence-corrected chi connectivity index (χ4v) is 2.19. The van der Waals surface area contributed by atoms with E-state index in [1.807, 2.05) is 6.92 Å². The number of aryl methyl sites for hydroxylation is 1. The van der Waals surface area contributed by atoms with Crippen molar-refractivity contribution in [3.05, 3.63) is 29.8 Å². The number of carbonyl (C=O) groups excluding carboxylic acids is 1. The lowest BCUT2D eigenvalue weighted by Gasteiger charge is -2.23. The Hall–Kier alpha value is -1.27. The molecule has 0 heterocycles. The van der Waals surface area contributed by atoms with Crippen LogP contribution in [0.5, 0.6) is 0 Å². The summed E-state index contributed by atoms with van der Waals surface area (Å²) in [5, 5.41) is 19.7. The van der Waals surface area contributed by atoms with Crippen molar-refractivity contribution in [2.45, 2.75) is 32.6 Å². The smallest absolute Gasteiger partial charge is 0.237 e. The summed E-state index contributed by atoms with van der Waals surface area (Å²) in [5.74, 6) is 0.489. The summed E-state index contributed by atoms with van der Waals surface area (Å²) in [4.78, 5) is 14.7. The van der Waals surface area contributed by atoms with Crippen LogP contribution in [0.25, 0.3) is 0 Å². The number of quaternary nitrogens is 1. The summed E-state index contributed by atoms with van der Waals surface area (Å²) in [7, 11) is 0. The zero-order valence-corrected chi connectivity index (χ0v) is 11.1. The van der Waals surface area contributed by atoms with Gasteiger partial charge in [-0.15, -0.1) is 15.3 Å². The van der Waals surface area contributed by atoms with Gasteiger partial charge in [-0.3, -0.25) is 4.79 Å².